The molecule has 1 fully saturated rings. The van der Waals surface area contributed by atoms with E-state index in [4.69, 9.17) is 0 Å². The van der Waals surface area contributed by atoms with Crippen LogP contribution in [0.5, 0.6) is 0 Å². The highest BCUT2D eigenvalue weighted by Crippen LogP contribution is 2.32. The molecule has 2 heterocycles. The van der Waals surface area contributed by atoms with E-state index in [9.17, 15) is 8.42 Å². The summed E-state index contributed by atoms with van der Waals surface area (Å²) in [7, 11) is -3.55. The largest absolute Gasteiger partial charge is 0.315 e. The van der Waals surface area contributed by atoms with Crippen LogP contribution in [0.4, 0.5) is 0 Å². The summed E-state index contributed by atoms with van der Waals surface area (Å²) < 4.78 is 28.6. The van der Waals surface area contributed by atoms with Crippen LogP contribution in [0.3, 0.4) is 0 Å². The maximum absolute atomic E-state index is 13.2. The zero-order valence-electron chi connectivity index (χ0n) is 13.8. The molecule has 3 rings (SSSR count). The average Bonchev–Trinajstić information content (AvgIpc) is 2.51. The monoisotopic (exact) mass is 469 g/mol. The fourth-order valence-electron chi connectivity index (χ4n) is 2.94. The second kappa shape index (κ2) is 9.48. The standard InChI is InChI=1S/C16H20BrN3O2S.2ClH/c1-12-10-18-7-2-3-9-20(12)23(21,22)15-5-4-13-11-19-8-6-14(13)16(15)17;;/h4-6,8,11-12,18H,2-3,7,9-10H2,1H3;2*1H. The lowest BCUT2D eigenvalue weighted by atomic mass is 10.2. The van der Waals surface area contributed by atoms with Crippen molar-refractivity contribution in [3.8, 4) is 0 Å². The van der Waals surface area contributed by atoms with Gasteiger partial charge in [-0.2, -0.15) is 4.31 Å². The molecule has 0 radical (unpaired) electrons. The topological polar surface area (TPSA) is 62.3 Å². The SMILES string of the molecule is CC1CNCCCCN1S(=O)(=O)c1ccc2cnccc2c1Br.Cl.Cl. The Balaban J connectivity index is 0.00000156. The van der Waals surface area contributed by atoms with Crippen LogP contribution in [0.25, 0.3) is 10.8 Å². The lowest BCUT2D eigenvalue weighted by molar-refractivity contribution is 0.301. The fourth-order valence-corrected chi connectivity index (χ4v) is 5.80. The first-order valence-electron chi connectivity index (χ1n) is 7.76. The maximum atomic E-state index is 13.2. The summed E-state index contributed by atoms with van der Waals surface area (Å²) in [5.41, 5.74) is 0. The molecule has 9 heteroatoms. The molecular formula is C16H22BrCl2N3O2S. The number of benzene rings is 1. The summed E-state index contributed by atoms with van der Waals surface area (Å²) in [5, 5.41) is 5.09. The molecular weight excluding hydrogens is 449 g/mol. The molecule has 1 aliphatic heterocycles. The zero-order valence-corrected chi connectivity index (χ0v) is 17.8. The van der Waals surface area contributed by atoms with Crippen molar-refractivity contribution < 1.29 is 8.42 Å². The van der Waals surface area contributed by atoms with E-state index in [1.165, 1.54) is 0 Å². The van der Waals surface area contributed by atoms with Gasteiger partial charge in [0, 0.05) is 46.8 Å². The number of hydrogen-bond acceptors (Lipinski definition) is 4. The van der Waals surface area contributed by atoms with Crippen LogP contribution in [-0.4, -0.2) is 43.4 Å². The molecule has 25 heavy (non-hydrogen) atoms. The van der Waals surface area contributed by atoms with Crippen LogP contribution in [0, 0.1) is 0 Å². The molecule has 0 spiro atoms. The van der Waals surface area contributed by atoms with Gasteiger partial charge < -0.3 is 5.32 Å². The third-order valence-electron chi connectivity index (χ3n) is 4.22. The van der Waals surface area contributed by atoms with Gasteiger partial charge in [0.05, 0.1) is 4.90 Å². The molecule has 1 atom stereocenters. The van der Waals surface area contributed by atoms with Crippen LogP contribution in [0.1, 0.15) is 19.8 Å². The first-order valence-corrected chi connectivity index (χ1v) is 10.00. The van der Waals surface area contributed by atoms with Crippen molar-refractivity contribution in [2.75, 3.05) is 19.6 Å². The minimum absolute atomic E-state index is 0. The van der Waals surface area contributed by atoms with E-state index >= 15 is 0 Å². The van der Waals surface area contributed by atoms with Gasteiger partial charge in [-0.15, -0.1) is 24.8 Å². The zero-order chi connectivity index (χ0) is 16.4. The molecule has 140 valence electrons. The number of nitrogens with zero attached hydrogens (tertiary/aromatic N) is 2. The van der Waals surface area contributed by atoms with E-state index in [1.54, 1.807) is 22.8 Å². The molecule has 1 aromatic carbocycles. The van der Waals surface area contributed by atoms with Crippen molar-refractivity contribution in [2.24, 2.45) is 0 Å². The molecule has 5 nitrogen and oxygen atoms in total. The Morgan fingerprint density at radius 1 is 1.24 bits per heavy atom. The maximum Gasteiger partial charge on any atom is 0.244 e. The Labute approximate surface area is 169 Å². The number of pyridine rings is 1. The summed E-state index contributed by atoms with van der Waals surface area (Å²) >= 11 is 3.49. The van der Waals surface area contributed by atoms with Gasteiger partial charge in [-0.1, -0.05) is 6.07 Å². The smallest absolute Gasteiger partial charge is 0.244 e. The lowest BCUT2D eigenvalue weighted by Gasteiger charge is -2.31. The third-order valence-corrected chi connectivity index (χ3v) is 7.39. The molecule has 0 aliphatic carbocycles. The Morgan fingerprint density at radius 2 is 2.00 bits per heavy atom. The van der Waals surface area contributed by atoms with Crippen molar-refractivity contribution in [2.45, 2.75) is 30.7 Å². The minimum atomic E-state index is -3.55. The molecule has 1 aliphatic rings. The number of nitrogens with one attached hydrogen (secondary N) is 1. The van der Waals surface area contributed by atoms with Crippen molar-refractivity contribution >= 4 is 61.5 Å². The number of fused-ring (bicyclic) bond motifs is 1. The quantitative estimate of drug-likeness (QED) is 0.728. The van der Waals surface area contributed by atoms with Crippen molar-refractivity contribution in [3.05, 3.63) is 35.1 Å². The number of halogens is 3. The predicted molar refractivity (Wildman–Crippen MR) is 109 cm³/mol. The molecule has 1 unspecified atom stereocenters. The van der Waals surface area contributed by atoms with Crippen molar-refractivity contribution in [1.82, 2.24) is 14.6 Å². The van der Waals surface area contributed by atoms with Gasteiger partial charge in [0.1, 0.15) is 0 Å². The normalized spacial score (nSPS) is 19.4. The molecule has 1 N–H and O–H groups in total. The predicted octanol–water partition coefficient (Wildman–Crippen LogP) is 3.60. The second-order valence-corrected chi connectivity index (χ2v) is 8.50. The molecule has 1 saturated heterocycles. The van der Waals surface area contributed by atoms with Gasteiger partial charge >= 0.3 is 0 Å². The van der Waals surface area contributed by atoms with E-state index in [0.29, 0.717) is 22.5 Å². The van der Waals surface area contributed by atoms with Gasteiger partial charge in [0.15, 0.2) is 0 Å². The minimum Gasteiger partial charge on any atom is -0.315 e. The molecule has 0 bridgehead atoms. The summed E-state index contributed by atoms with van der Waals surface area (Å²) in [5.74, 6) is 0. The van der Waals surface area contributed by atoms with Crippen LogP contribution in [0.2, 0.25) is 0 Å². The number of rotatable bonds is 2. The number of hydrogen-bond donors (Lipinski definition) is 1. The van der Waals surface area contributed by atoms with Crippen LogP contribution in [-0.2, 0) is 10.0 Å². The van der Waals surface area contributed by atoms with E-state index in [-0.39, 0.29) is 30.9 Å². The van der Waals surface area contributed by atoms with Crippen LogP contribution >= 0.6 is 40.7 Å². The number of aromatic nitrogens is 1. The van der Waals surface area contributed by atoms with Crippen LogP contribution in [0.15, 0.2) is 40.0 Å². The van der Waals surface area contributed by atoms with Gasteiger partial charge in [-0.25, -0.2) is 8.42 Å². The van der Waals surface area contributed by atoms with E-state index in [1.807, 2.05) is 19.1 Å². The third kappa shape index (κ3) is 4.64. The fraction of sp³-hybridized carbons (Fsp3) is 0.438. The molecule has 0 amide bonds. The Hall–Kier alpha value is -0.440. The summed E-state index contributed by atoms with van der Waals surface area (Å²) in [6.45, 7) is 4.14. The summed E-state index contributed by atoms with van der Waals surface area (Å²) in [6, 6.07) is 5.24. The van der Waals surface area contributed by atoms with Crippen molar-refractivity contribution in [1.29, 1.82) is 0 Å². The molecule has 0 saturated carbocycles. The van der Waals surface area contributed by atoms with Crippen molar-refractivity contribution in [3.63, 3.8) is 0 Å². The number of sulfonamides is 1. The first-order chi connectivity index (χ1) is 11.0. The highest BCUT2D eigenvalue weighted by atomic mass is 79.9. The van der Waals surface area contributed by atoms with E-state index in [2.05, 4.69) is 26.2 Å². The van der Waals surface area contributed by atoms with E-state index in [0.717, 1.165) is 30.2 Å². The Morgan fingerprint density at radius 3 is 2.76 bits per heavy atom. The highest BCUT2D eigenvalue weighted by Gasteiger charge is 2.31. The lowest BCUT2D eigenvalue weighted by Crippen LogP contribution is -2.46. The molecule has 2 aromatic rings. The Bertz CT molecular complexity index is 820. The molecule has 1 aromatic heterocycles. The summed E-state index contributed by atoms with van der Waals surface area (Å²) in [4.78, 5) is 4.40. The van der Waals surface area contributed by atoms with Gasteiger partial charge in [-0.05, 0) is 54.4 Å². The average molecular weight is 471 g/mol. The first kappa shape index (κ1) is 22.6. The second-order valence-electron chi connectivity index (χ2n) is 5.85. The highest BCUT2D eigenvalue weighted by molar-refractivity contribution is 9.10. The van der Waals surface area contributed by atoms with Gasteiger partial charge in [0.2, 0.25) is 10.0 Å². The van der Waals surface area contributed by atoms with Crippen LogP contribution < -0.4 is 5.32 Å². The van der Waals surface area contributed by atoms with Gasteiger partial charge in [0.25, 0.3) is 0 Å². The van der Waals surface area contributed by atoms with E-state index < -0.39 is 10.0 Å². The Kier molecular flexibility index (Phi) is 8.57. The summed E-state index contributed by atoms with van der Waals surface area (Å²) in [6.07, 6.45) is 5.26. The van der Waals surface area contributed by atoms with Gasteiger partial charge in [-0.3, -0.25) is 4.98 Å².